The molecule has 1 N–H and O–H groups in total. The smallest absolute Gasteiger partial charge is 0.123 e. The highest BCUT2D eigenvalue weighted by atomic mass is 16.5. The van der Waals surface area contributed by atoms with E-state index in [1.807, 2.05) is 13.0 Å². The molecule has 1 aliphatic heterocycles. The molecule has 3 rings (SSSR count). The highest BCUT2D eigenvalue weighted by Crippen LogP contribution is 2.19. The second-order valence-electron chi connectivity index (χ2n) is 6.13. The van der Waals surface area contributed by atoms with Crippen LogP contribution in [0.25, 0.3) is 0 Å². The third-order valence-corrected chi connectivity index (χ3v) is 4.38. The van der Waals surface area contributed by atoms with Gasteiger partial charge in [-0.1, -0.05) is 48.5 Å². The highest BCUT2D eigenvalue weighted by molar-refractivity contribution is 5.33. The van der Waals surface area contributed by atoms with E-state index in [-0.39, 0.29) is 0 Å². The summed E-state index contributed by atoms with van der Waals surface area (Å²) in [5, 5.41) is 3.69. The van der Waals surface area contributed by atoms with E-state index < -0.39 is 0 Å². The van der Waals surface area contributed by atoms with Crippen molar-refractivity contribution in [1.82, 2.24) is 10.2 Å². The van der Waals surface area contributed by atoms with Crippen LogP contribution >= 0.6 is 0 Å². The number of hydrogen-bond donors (Lipinski definition) is 1. The highest BCUT2D eigenvalue weighted by Gasteiger charge is 2.22. The molecule has 1 fully saturated rings. The van der Waals surface area contributed by atoms with Crippen molar-refractivity contribution >= 4 is 0 Å². The topological polar surface area (TPSA) is 24.5 Å². The van der Waals surface area contributed by atoms with E-state index in [2.05, 4.69) is 58.7 Å². The first-order valence-electron chi connectivity index (χ1n) is 8.55. The molecular weight excluding hydrogens is 284 g/mol. The van der Waals surface area contributed by atoms with Crippen molar-refractivity contribution in [2.75, 3.05) is 19.7 Å². The van der Waals surface area contributed by atoms with Crippen LogP contribution in [0.5, 0.6) is 5.75 Å². The number of nitrogens with zero attached hydrogens (tertiary/aromatic N) is 1. The van der Waals surface area contributed by atoms with Gasteiger partial charge >= 0.3 is 0 Å². The Morgan fingerprint density at radius 3 is 2.70 bits per heavy atom. The molecule has 1 aliphatic rings. The van der Waals surface area contributed by atoms with Gasteiger partial charge in [0.15, 0.2) is 0 Å². The Labute approximate surface area is 139 Å². The molecule has 0 spiro atoms. The van der Waals surface area contributed by atoms with Crippen LogP contribution in [0.1, 0.15) is 24.5 Å². The van der Waals surface area contributed by atoms with Crippen molar-refractivity contribution in [3.05, 3.63) is 65.7 Å². The molecule has 1 unspecified atom stereocenters. The fourth-order valence-corrected chi connectivity index (χ4v) is 3.18. The zero-order valence-corrected chi connectivity index (χ0v) is 13.9. The molecule has 1 saturated heterocycles. The van der Waals surface area contributed by atoms with Crippen LogP contribution in [-0.4, -0.2) is 30.6 Å². The summed E-state index contributed by atoms with van der Waals surface area (Å²) in [6.07, 6.45) is 1.21. The molecule has 1 heterocycles. The molecule has 3 heteroatoms. The lowest BCUT2D eigenvalue weighted by atomic mass is 10.2. The first kappa shape index (κ1) is 16.0. The van der Waals surface area contributed by atoms with Gasteiger partial charge in [-0.05, 0) is 25.0 Å². The lowest BCUT2D eigenvalue weighted by Gasteiger charge is -2.17. The van der Waals surface area contributed by atoms with E-state index in [4.69, 9.17) is 4.74 Å². The van der Waals surface area contributed by atoms with E-state index in [0.717, 1.165) is 25.4 Å². The van der Waals surface area contributed by atoms with Gasteiger partial charge in [-0.3, -0.25) is 4.90 Å². The predicted octanol–water partition coefficient (Wildman–Crippen LogP) is 3.45. The maximum absolute atomic E-state index is 5.70. The summed E-state index contributed by atoms with van der Waals surface area (Å²) in [5.74, 6) is 1.00. The Morgan fingerprint density at radius 2 is 1.87 bits per heavy atom. The number of para-hydroxylation sites is 1. The number of nitrogens with one attached hydrogen (secondary N) is 1. The summed E-state index contributed by atoms with van der Waals surface area (Å²) in [4.78, 5) is 2.53. The van der Waals surface area contributed by atoms with E-state index >= 15 is 0 Å². The van der Waals surface area contributed by atoms with Gasteiger partial charge in [-0.15, -0.1) is 0 Å². The second kappa shape index (κ2) is 8.14. The van der Waals surface area contributed by atoms with Gasteiger partial charge in [0.1, 0.15) is 5.75 Å². The first-order valence-corrected chi connectivity index (χ1v) is 8.55. The van der Waals surface area contributed by atoms with E-state index in [9.17, 15) is 0 Å². The van der Waals surface area contributed by atoms with Crippen LogP contribution in [0.2, 0.25) is 0 Å². The van der Waals surface area contributed by atoms with Crippen molar-refractivity contribution in [2.24, 2.45) is 0 Å². The largest absolute Gasteiger partial charge is 0.494 e. The van der Waals surface area contributed by atoms with Gasteiger partial charge in [-0.25, -0.2) is 0 Å². The summed E-state index contributed by atoms with van der Waals surface area (Å²) < 4.78 is 5.70. The zero-order valence-electron chi connectivity index (χ0n) is 13.9. The third-order valence-electron chi connectivity index (χ3n) is 4.38. The van der Waals surface area contributed by atoms with Gasteiger partial charge in [-0.2, -0.15) is 0 Å². The summed E-state index contributed by atoms with van der Waals surface area (Å²) in [6.45, 7) is 6.95. The molecule has 0 aliphatic carbocycles. The normalized spacial score (nSPS) is 18.2. The molecule has 0 bridgehead atoms. The second-order valence-corrected chi connectivity index (χ2v) is 6.13. The Hall–Kier alpha value is -1.84. The Balaban J connectivity index is 1.49. The molecule has 23 heavy (non-hydrogen) atoms. The lowest BCUT2D eigenvalue weighted by molar-refractivity contribution is 0.318. The lowest BCUT2D eigenvalue weighted by Crippen LogP contribution is -2.32. The van der Waals surface area contributed by atoms with Crippen LogP contribution in [0.4, 0.5) is 0 Å². The number of likely N-dealkylation sites (tertiary alicyclic amines) is 1. The fraction of sp³-hybridized carbons (Fsp3) is 0.400. The molecule has 0 radical (unpaired) electrons. The van der Waals surface area contributed by atoms with E-state index in [1.54, 1.807) is 0 Å². The van der Waals surface area contributed by atoms with Gasteiger partial charge < -0.3 is 10.1 Å². The molecule has 2 aromatic carbocycles. The first-order chi connectivity index (χ1) is 11.3. The van der Waals surface area contributed by atoms with Crippen LogP contribution < -0.4 is 10.1 Å². The number of rotatable bonds is 7. The Morgan fingerprint density at radius 1 is 1.09 bits per heavy atom. The SMILES string of the molecule is CCOc1ccccc1CNC1CCN(Cc2ccccc2)C1. The summed E-state index contributed by atoms with van der Waals surface area (Å²) in [7, 11) is 0. The number of hydrogen-bond acceptors (Lipinski definition) is 3. The standard InChI is InChI=1S/C20H26N2O/c1-2-23-20-11-7-6-10-18(20)14-21-19-12-13-22(16-19)15-17-8-4-3-5-9-17/h3-11,19,21H,2,12-16H2,1H3. The van der Waals surface area contributed by atoms with Gasteiger partial charge in [0.2, 0.25) is 0 Å². The minimum Gasteiger partial charge on any atom is -0.494 e. The van der Waals surface area contributed by atoms with E-state index in [1.165, 1.54) is 24.1 Å². The molecule has 0 saturated carbocycles. The molecule has 2 aromatic rings. The number of benzene rings is 2. The average molecular weight is 310 g/mol. The fourth-order valence-electron chi connectivity index (χ4n) is 3.18. The van der Waals surface area contributed by atoms with Crippen molar-refractivity contribution in [3.8, 4) is 5.75 Å². The van der Waals surface area contributed by atoms with Crippen LogP contribution in [0.15, 0.2) is 54.6 Å². The maximum Gasteiger partial charge on any atom is 0.123 e. The monoisotopic (exact) mass is 310 g/mol. The third kappa shape index (κ3) is 4.57. The van der Waals surface area contributed by atoms with Crippen LogP contribution in [-0.2, 0) is 13.1 Å². The molecule has 0 amide bonds. The molecule has 0 aromatic heterocycles. The molecule has 122 valence electrons. The minimum atomic E-state index is 0.563. The Bertz CT molecular complexity index is 600. The van der Waals surface area contributed by atoms with Crippen molar-refractivity contribution < 1.29 is 4.74 Å². The molecule has 1 atom stereocenters. The van der Waals surface area contributed by atoms with Gasteiger partial charge in [0, 0.05) is 37.8 Å². The quantitative estimate of drug-likeness (QED) is 0.848. The van der Waals surface area contributed by atoms with E-state index in [0.29, 0.717) is 12.6 Å². The number of ether oxygens (including phenoxy) is 1. The van der Waals surface area contributed by atoms with Gasteiger partial charge in [0.25, 0.3) is 0 Å². The maximum atomic E-state index is 5.70. The summed E-state index contributed by atoms with van der Waals surface area (Å²) in [6, 6.07) is 19.6. The van der Waals surface area contributed by atoms with Crippen molar-refractivity contribution in [1.29, 1.82) is 0 Å². The van der Waals surface area contributed by atoms with Crippen molar-refractivity contribution in [3.63, 3.8) is 0 Å². The zero-order chi connectivity index (χ0) is 15.9. The summed E-state index contributed by atoms with van der Waals surface area (Å²) in [5.41, 5.74) is 2.64. The van der Waals surface area contributed by atoms with Crippen LogP contribution in [0, 0.1) is 0 Å². The summed E-state index contributed by atoms with van der Waals surface area (Å²) >= 11 is 0. The predicted molar refractivity (Wildman–Crippen MR) is 94.6 cm³/mol. The van der Waals surface area contributed by atoms with Crippen LogP contribution in [0.3, 0.4) is 0 Å². The Kier molecular flexibility index (Phi) is 5.67. The van der Waals surface area contributed by atoms with Crippen molar-refractivity contribution in [2.45, 2.75) is 32.5 Å². The van der Waals surface area contributed by atoms with Gasteiger partial charge in [0.05, 0.1) is 6.61 Å². The minimum absolute atomic E-state index is 0.563. The average Bonchev–Trinajstić information content (AvgIpc) is 3.03. The molecular formula is C20H26N2O. The molecule has 3 nitrogen and oxygen atoms in total.